The zero-order valence-corrected chi connectivity index (χ0v) is 12.7. The lowest BCUT2D eigenvalue weighted by Gasteiger charge is -2.13. The largest absolute Gasteiger partial charge is 0.357 e. The number of amides is 2. The van der Waals surface area contributed by atoms with Gasteiger partial charge in [0, 0.05) is 19.0 Å². The number of thiophene rings is 1. The van der Waals surface area contributed by atoms with E-state index < -0.39 is 6.04 Å². The number of anilines is 2. The monoisotopic (exact) mass is 305 g/mol. The van der Waals surface area contributed by atoms with Crippen LogP contribution in [0.3, 0.4) is 0 Å². The number of fused-ring (bicyclic) bond motifs is 1. The molecule has 0 radical (unpaired) electrons. The van der Waals surface area contributed by atoms with Crippen LogP contribution in [0.1, 0.15) is 11.3 Å². The fourth-order valence-electron chi connectivity index (χ4n) is 2.30. The van der Waals surface area contributed by atoms with Crippen LogP contribution in [0.2, 0.25) is 0 Å². The second-order valence-corrected chi connectivity index (χ2v) is 6.15. The maximum Gasteiger partial charge on any atom is 0.251 e. The third kappa shape index (κ3) is 2.31. The molecule has 0 aromatic carbocycles. The summed E-state index contributed by atoms with van der Waals surface area (Å²) in [6.07, 6.45) is 0.152. The van der Waals surface area contributed by atoms with Gasteiger partial charge in [0.2, 0.25) is 11.9 Å². The number of likely N-dealkylation sites (tertiary alicyclic amines) is 1. The van der Waals surface area contributed by atoms with E-state index in [4.69, 9.17) is 0 Å². The Morgan fingerprint density at radius 2 is 2.14 bits per heavy atom. The van der Waals surface area contributed by atoms with Crippen LogP contribution < -0.4 is 10.6 Å². The first kappa shape index (κ1) is 13.7. The van der Waals surface area contributed by atoms with Crippen molar-refractivity contribution in [3.05, 3.63) is 10.9 Å². The first-order chi connectivity index (χ1) is 9.99. The Balaban J connectivity index is 2.00. The van der Waals surface area contributed by atoms with Crippen molar-refractivity contribution in [3.8, 4) is 0 Å². The minimum atomic E-state index is -0.564. The number of rotatable bonds is 3. The Labute approximate surface area is 125 Å². The van der Waals surface area contributed by atoms with Gasteiger partial charge in [-0.1, -0.05) is 0 Å². The molecule has 1 atom stereocenters. The van der Waals surface area contributed by atoms with Crippen LogP contribution in [0.5, 0.6) is 0 Å². The number of nitrogens with zero attached hydrogens (tertiary/aromatic N) is 3. The average molecular weight is 305 g/mol. The van der Waals surface area contributed by atoms with Gasteiger partial charge in [0.1, 0.15) is 16.7 Å². The van der Waals surface area contributed by atoms with Crippen molar-refractivity contribution >= 4 is 45.1 Å². The van der Waals surface area contributed by atoms with Crippen LogP contribution in [-0.4, -0.2) is 46.8 Å². The predicted octanol–water partition coefficient (Wildman–Crippen LogP) is 1.21. The Morgan fingerprint density at radius 1 is 1.38 bits per heavy atom. The molecule has 1 saturated heterocycles. The molecular formula is C13H15N5O2S. The molecule has 1 fully saturated rings. The normalized spacial score (nSPS) is 18.6. The molecule has 1 aliphatic heterocycles. The van der Waals surface area contributed by atoms with E-state index in [1.807, 2.05) is 13.0 Å². The molecular weight excluding hydrogens is 290 g/mol. The standard InChI is InChI=1S/C13H15N5O2S/c1-6-4-7-10(16-13(14-2)17-11(7)21-6)15-8-5-9(19)18(3)12(8)20/h4,8H,5H2,1-3H3,(H2,14,15,16,17). The molecule has 2 aromatic rings. The summed E-state index contributed by atoms with van der Waals surface area (Å²) in [6, 6.07) is 1.41. The lowest BCUT2D eigenvalue weighted by Crippen LogP contribution is -2.32. The second kappa shape index (κ2) is 4.96. The Morgan fingerprint density at radius 3 is 2.76 bits per heavy atom. The predicted molar refractivity (Wildman–Crippen MR) is 81.5 cm³/mol. The van der Waals surface area contributed by atoms with E-state index >= 15 is 0 Å². The Kier molecular flexibility index (Phi) is 3.25. The van der Waals surface area contributed by atoms with Gasteiger partial charge in [0.25, 0.3) is 5.91 Å². The molecule has 8 heteroatoms. The van der Waals surface area contributed by atoms with E-state index in [2.05, 4.69) is 20.6 Å². The minimum absolute atomic E-state index is 0.152. The van der Waals surface area contributed by atoms with E-state index in [1.54, 1.807) is 18.4 Å². The lowest BCUT2D eigenvalue weighted by atomic mass is 10.2. The van der Waals surface area contributed by atoms with Gasteiger partial charge in [-0.2, -0.15) is 4.98 Å². The van der Waals surface area contributed by atoms with Gasteiger partial charge in [-0.05, 0) is 13.0 Å². The fraction of sp³-hybridized carbons (Fsp3) is 0.385. The van der Waals surface area contributed by atoms with Crippen molar-refractivity contribution in [1.29, 1.82) is 0 Å². The van der Waals surface area contributed by atoms with Crippen molar-refractivity contribution in [3.63, 3.8) is 0 Å². The van der Waals surface area contributed by atoms with Gasteiger partial charge in [0.05, 0.1) is 11.8 Å². The van der Waals surface area contributed by atoms with Crippen molar-refractivity contribution in [2.24, 2.45) is 0 Å². The van der Waals surface area contributed by atoms with Gasteiger partial charge in [-0.25, -0.2) is 4.98 Å². The number of carbonyl (C=O) groups is 2. The van der Waals surface area contributed by atoms with Crippen molar-refractivity contribution in [2.75, 3.05) is 24.7 Å². The highest BCUT2D eigenvalue weighted by Crippen LogP contribution is 2.30. The number of likely N-dealkylation sites (N-methyl/N-ethyl adjacent to an activating group) is 1. The van der Waals surface area contributed by atoms with Crippen LogP contribution in [0.25, 0.3) is 10.2 Å². The summed E-state index contributed by atoms with van der Waals surface area (Å²) in [5, 5.41) is 6.86. The molecule has 0 spiro atoms. The van der Waals surface area contributed by atoms with Gasteiger partial charge >= 0.3 is 0 Å². The summed E-state index contributed by atoms with van der Waals surface area (Å²) < 4.78 is 0. The van der Waals surface area contributed by atoms with Crippen LogP contribution in [0, 0.1) is 6.92 Å². The summed E-state index contributed by atoms with van der Waals surface area (Å²) in [5.41, 5.74) is 0. The third-order valence-electron chi connectivity index (χ3n) is 3.43. The number of imide groups is 1. The molecule has 7 nitrogen and oxygen atoms in total. The maximum absolute atomic E-state index is 12.0. The van der Waals surface area contributed by atoms with Crippen LogP contribution in [0.15, 0.2) is 6.07 Å². The molecule has 2 aromatic heterocycles. The zero-order chi connectivity index (χ0) is 15.1. The number of nitrogens with one attached hydrogen (secondary N) is 2. The molecule has 3 heterocycles. The highest BCUT2D eigenvalue weighted by molar-refractivity contribution is 7.18. The summed E-state index contributed by atoms with van der Waals surface area (Å²) >= 11 is 1.56. The molecule has 1 aliphatic rings. The molecule has 0 aliphatic carbocycles. The summed E-state index contributed by atoms with van der Waals surface area (Å²) in [7, 11) is 3.24. The molecule has 0 saturated carbocycles. The molecule has 1 unspecified atom stereocenters. The third-order valence-corrected chi connectivity index (χ3v) is 4.38. The Hall–Kier alpha value is -2.22. The first-order valence-corrected chi connectivity index (χ1v) is 7.34. The van der Waals surface area contributed by atoms with Crippen molar-refractivity contribution < 1.29 is 9.59 Å². The maximum atomic E-state index is 12.0. The molecule has 2 amide bonds. The Bertz CT molecular complexity index is 741. The van der Waals surface area contributed by atoms with E-state index in [0.29, 0.717) is 11.8 Å². The van der Waals surface area contributed by atoms with Crippen molar-refractivity contribution in [1.82, 2.24) is 14.9 Å². The van der Waals surface area contributed by atoms with Crippen LogP contribution in [0.4, 0.5) is 11.8 Å². The quantitative estimate of drug-likeness (QED) is 0.829. The van der Waals surface area contributed by atoms with Crippen molar-refractivity contribution in [2.45, 2.75) is 19.4 Å². The highest BCUT2D eigenvalue weighted by Gasteiger charge is 2.36. The summed E-state index contributed by atoms with van der Waals surface area (Å²) in [4.78, 5) is 35.5. The zero-order valence-electron chi connectivity index (χ0n) is 11.9. The van der Waals surface area contributed by atoms with Crippen LogP contribution >= 0.6 is 11.3 Å². The number of hydrogen-bond donors (Lipinski definition) is 2. The minimum Gasteiger partial charge on any atom is -0.357 e. The average Bonchev–Trinajstić information content (AvgIpc) is 2.94. The van der Waals surface area contributed by atoms with Gasteiger partial charge in [0.15, 0.2) is 0 Å². The lowest BCUT2D eigenvalue weighted by molar-refractivity contribution is -0.136. The molecule has 0 bridgehead atoms. The summed E-state index contributed by atoms with van der Waals surface area (Å²) in [5.74, 6) is 0.648. The first-order valence-electron chi connectivity index (χ1n) is 6.52. The molecule has 110 valence electrons. The van der Waals surface area contributed by atoms with Gasteiger partial charge in [-0.15, -0.1) is 11.3 Å². The van der Waals surface area contributed by atoms with Gasteiger partial charge in [-0.3, -0.25) is 14.5 Å². The second-order valence-electron chi connectivity index (χ2n) is 4.91. The number of hydrogen-bond acceptors (Lipinski definition) is 7. The number of aromatic nitrogens is 2. The SMILES string of the molecule is CNc1nc(NC2CC(=O)N(C)C2=O)c2cc(C)sc2n1. The highest BCUT2D eigenvalue weighted by atomic mass is 32.1. The summed E-state index contributed by atoms with van der Waals surface area (Å²) in [6.45, 7) is 1.99. The molecule has 3 rings (SSSR count). The molecule has 2 N–H and O–H groups in total. The van der Waals surface area contributed by atoms with Gasteiger partial charge < -0.3 is 10.6 Å². The molecule has 21 heavy (non-hydrogen) atoms. The topological polar surface area (TPSA) is 87.2 Å². The van der Waals surface area contributed by atoms with E-state index in [1.165, 1.54) is 7.05 Å². The fourth-order valence-corrected chi connectivity index (χ4v) is 3.18. The van der Waals surface area contributed by atoms with E-state index in [-0.39, 0.29) is 18.2 Å². The van der Waals surface area contributed by atoms with E-state index in [9.17, 15) is 9.59 Å². The van der Waals surface area contributed by atoms with E-state index in [0.717, 1.165) is 20.0 Å². The number of carbonyl (C=O) groups excluding carboxylic acids is 2. The smallest absolute Gasteiger partial charge is 0.251 e. The van der Waals surface area contributed by atoms with Crippen LogP contribution in [-0.2, 0) is 9.59 Å². The number of aryl methyl sites for hydroxylation is 1.